The minimum Gasteiger partial charge on any atom is -0.331 e. The quantitative estimate of drug-likeness (QED) is 0.514. The lowest BCUT2D eigenvalue weighted by molar-refractivity contribution is 1.05. The van der Waals surface area contributed by atoms with Crippen LogP contribution in [-0.4, -0.2) is 11.3 Å². The molecule has 0 atom stereocenters. The number of benzene rings is 1. The van der Waals surface area contributed by atoms with Crippen molar-refractivity contribution in [2.24, 2.45) is 5.10 Å². The van der Waals surface area contributed by atoms with Crippen molar-refractivity contribution in [3.8, 4) is 0 Å². The molecule has 0 radical (unpaired) electrons. The van der Waals surface area contributed by atoms with Crippen molar-refractivity contribution < 1.29 is 0 Å². The van der Waals surface area contributed by atoms with Gasteiger partial charge in [0.15, 0.2) is 5.11 Å². The van der Waals surface area contributed by atoms with Crippen LogP contribution in [-0.2, 0) is 0 Å². The predicted molar refractivity (Wildman–Crippen MR) is 87.2 cm³/mol. The fraction of sp³-hybridized carbons (Fsp3) is 0.143. The molecular formula is C14H15N3S2. The highest BCUT2D eigenvalue weighted by atomic mass is 32.1. The first kappa shape index (κ1) is 13.7. The average molecular weight is 289 g/mol. The molecule has 0 spiro atoms. The molecule has 1 aromatic heterocycles. The van der Waals surface area contributed by atoms with E-state index >= 15 is 0 Å². The van der Waals surface area contributed by atoms with Crippen molar-refractivity contribution in [2.75, 3.05) is 5.32 Å². The molecule has 0 unspecified atom stereocenters. The number of nitrogens with zero attached hydrogens (tertiary/aromatic N) is 1. The lowest BCUT2D eigenvalue weighted by Gasteiger charge is -2.10. The standard InChI is InChI=1S/C14H15N3S2/c1-10-3-4-13(11(2)7-10)16-14(18)17-15-8-12-5-6-19-9-12/h3-9H,1-2H3,(H2,16,17,18)/b15-8-. The van der Waals surface area contributed by atoms with E-state index in [1.54, 1.807) is 17.6 Å². The highest BCUT2D eigenvalue weighted by molar-refractivity contribution is 7.80. The lowest BCUT2D eigenvalue weighted by atomic mass is 10.1. The van der Waals surface area contributed by atoms with Gasteiger partial charge in [0, 0.05) is 11.3 Å². The van der Waals surface area contributed by atoms with Gasteiger partial charge in [-0.3, -0.25) is 5.43 Å². The van der Waals surface area contributed by atoms with Crippen molar-refractivity contribution >= 4 is 40.6 Å². The van der Waals surface area contributed by atoms with Gasteiger partial charge in [-0.2, -0.15) is 16.4 Å². The highest BCUT2D eigenvalue weighted by Gasteiger charge is 2.00. The first-order chi connectivity index (χ1) is 9.15. The van der Waals surface area contributed by atoms with Crippen LogP contribution in [0, 0.1) is 13.8 Å². The van der Waals surface area contributed by atoms with Crippen molar-refractivity contribution in [1.82, 2.24) is 5.43 Å². The van der Waals surface area contributed by atoms with E-state index in [-0.39, 0.29) is 0 Å². The molecule has 2 rings (SSSR count). The van der Waals surface area contributed by atoms with Gasteiger partial charge in [0.25, 0.3) is 0 Å². The Kier molecular flexibility index (Phi) is 4.65. The molecule has 0 saturated heterocycles. The van der Waals surface area contributed by atoms with E-state index in [1.807, 2.05) is 35.9 Å². The van der Waals surface area contributed by atoms with E-state index in [0.29, 0.717) is 5.11 Å². The molecule has 1 aromatic carbocycles. The molecule has 1 heterocycles. The third-order valence-electron chi connectivity index (χ3n) is 2.55. The van der Waals surface area contributed by atoms with Gasteiger partial charge in [0.05, 0.1) is 6.21 Å². The summed E-state index contributed by atoms with van der Waals surface area (Å²) in [6, 6.07) is 8.17. The van der Waals surface area contributed by atoms with Crippen LogP contribution in [0.3, 0.4) is 0 Å². The summed E-state index contributed by atoms with van der Waals surface area (Å²) in [5.41, 5.74) is 7.25. The van der Waals surface area contributed by atoms with Crippen LogP contribution in [0.15, 0.2) is 40.1 Å². The summed E-state index contributed by atoms with van der Waals surface area (Å²) in [7, 11) is 0. The maximum atomic E-state index is 5.19. The number of nitrogens with one attached hydrogen (secondary N) is 2. The molecule has 98 valence electrons. The summed E-state index contributed by atoms with van der Waals surface area (Å²) in [5.74, 6) is 0. The van der Waals surface area contributed by atoms with Crippen molar-refractivity contribution in [2.45, 2.75) is 13.8 Å². The van der Waals surface area contributed by atoms with Crippen LogP contribution >= 0.6 is 23.6 Å². The Balaban J connectivity index is 1.91. The zero-order chi connectivity index (χ0) is 13.7. The maximum Gasteiger partial charge on any atom is 0.191 e. The topological polar surface area (TPSA) is 36.4 Å². The molecule has 2 N–H and O–H groups in total. The number of hydrogen-bond acceptors (Lipinski definition) is 3. The number of hydrazone groups is 1. The molecule has 0 aliphatic carbocycles. The summed E-state index contributed by atoms with van der Waals surface area (Å²) in [4.78, 5) is 0. The first-order valence-corrected chi connectivity index (χ1v) is 7.20. The largest absolute Gasteiger partial charge is 0.331 e. The Bertz CT molecular complexity index is 589. The van der Waals surface area contributed by atoms with Crippen molar-refractivity contribution in [3.63, 3.8) is 0 Å². The average Bonchev–Trinajstić information content (AvgIpc) is 2.86. The molecule has 2 aromatic rings. The summed E-state index contributed by atoms with van der Waals surface area (Å²) < 4.78 is 0. The number of thiophene rings is 1. The van der Waals surface area contributed by atoms with Crippen LogP contribution in [0.25, 0.3) is 0 Å². The maximum absolute atomic E-state index is 5.19. The molecular weight excluding hydrogens is 274 g/mol. The monoisotopic (exact) mass is 289 g/mol. The minimum atomic E-state index is 0.485. The van der Waals surface area contributed by atoms with Gasteiger partial charge in [0.1, 0.15) is 0 Å². The SMILES string of the molecule is Cc1ccc(NC(=S)N/N=C\c2ccsc2)c(C)c1. The molecule has 0 fully saturated rings. The van der Waals surface area contributed by atoms with E-state index < -0.39 is 0 Å². The number of anilines is 1. The molecule has 3 nitrogen and oxygen atoms in total. The van der Waals surface area contributed by atoms with Crippen LogP contribution < -0.4 is 10.7 Å². The summed E-state index contributed by atoms with van der Waals surface area (Å²) in [6.07, 6.45) is 1.74. The molecule has 19 heavy (non-hydrogen) atoms. The van der Waals surface area contributed by atoms with Crippen LogP contribution in [0.2, 0.25) is 0 Å². The van der Waals surface area contributed by atoms with Gasteiger partial charge >= 0.3 is 0 Å². The highest BCUT2D eigenvalue weighted by Crippen LogP contribution is 2.15. The molecule has 0 aliphatic rings. The second-order valence-corrected chi connectivity index (χ2v) is 5.39. The zero-order valence-electron chi connectivity index (χ0n) is 10.8. The smallest absolute Gasteiger partial charge is 0.191 e. The van der Waals surface area contributed by atoms with Crippen LogP contribution in [0.5, 0.6) is 0 Å². The van der Waals surface area contributed by atoms with Crippen LogP contribution in [0.4, 0.5) is 5.69 Å². The van der Waals surface area contributed by atoms with Crippen molar-refractivity contribution in [3.05, 3.63) is 51.7 Å². The Morgan fingerprint density at radius 3 is 2.84 bits per heavy atom. The Labute approximate surface area is 122 Å². The van der Waals surface area contributed by atoms with E-state index in [0.717, 1.165) is 16.8 Å². The molecule has 5 heteroatoms. The first-order valence-electron chi connectivity index (χ1n) is 5.84. The fourth-order valence-corrected chi connectivity index (χ4v) is 2.39. The Morgan fingerprint density at radius 2 is 2.16 bits per heavy atom. The number of hydrogen-bond donors (Lipinski definition) is 2. The Hall–Kier alpha value is -1.72. The third-order valence-corrected chi connectivity index (χ3v) is 3.45. The van der Waals surface area contributed by atoms with Gasteiger partial charge in [-0.15, -0.1) is 0 Å². The number of aryl methyl sites for hydroxylation is 2. The van der Waals surface area contributed by atoms with E-state index in [1.165, 1.54) is 5.56 Å². The van der Waals surface area contributed by atoms with E-state index in [2.05, 4.69) is 28.8 Å². The van der Waals surface area contributed by atoms with Gasteiger partial charge in [-0.1, -0.05) is 17.7 Å². The minimum absolute atomic E-state index is 0.485. The second-order valence-electron chi connectivity index (χ2n) is 4.20. The molecule has 0 bridgehead atoms. The van der Waals surface area contributed by atoms with Crippen molar-refractivity contribution in [1.29, 1.82) is 0 Å². The van der Waals surface area contributed by atoms with Gasteiger partial charge in [-0.05, 0) is 54.5 Å². The summed E-state index contributed by atoms with van der Waals surface area (Å²) in [5, 5.41) is 11.7. The second kappa shape index (κ2) is 6.45. The molecule has 0 amide bonds. The molecule has 0 saturated carbocycles. The third kappa shape index (κ3) is 4.15. The van der Waals surface area contributed by atoms with Gasteiger partial charge < -0.3 is 5.32 Å². The number of thiocarbonyl (C=S) groups is 1. The van der Waals surface area contributed by atoms with Gasteiger partial charge in [0.2, 0.25) is 0 Å². The summed E-state index contributed by atoms with van der Waals surface area (Å²) in [6.45, 7) is 4.12. The summed E-state index contributed by atoms with van der Waals surface area (Å²) >= 11 is 6.83. The van der Waals surface area contributed by atoms with Crippen LogP contribution in [0.1, 0.15) is 16.7 Å². The van der Waals surface area contributed by atoms with Gasteiger partial charge in [-0.25, -0.2) is 0 Å². The lowest BCUT2D eigenvalue weighted by Crippen LogP contribution is -2.24. The fourth-order valence-electron chi connectivity index (χ4n) is 1.62. The number of rotatable bonds is 3. The predicted octanol–water partition coefficient (Wildman–Crippen LogP) is 3.69. The Morgan fingerprint density at radius 1 is 1.32 bits per heavy atom. The molecule has 0 aliphatic heterocycles. The van der Waals surface area contributed by atoms with E-state index in [9.17, 15) is 0 Å². The van der Waals surface area contributed by atoms with E-state index in [4.69, 9.17) is 12.2 Å². The normalized spacial score (nSPS) is 10.6. The zero-order valence-corrected chi connectivity index (χ0v) is 12.4.